The number of piperidine rings is 1. The van der Waals surface area contributed by atoms with Gasteiger partial charge in [-0.3, -0.25) is 4.99 Å². The van der Waals surface area contributed by atoms with E-state index in [1.165, 1.54) is 0 Å². The number of hydrogen-bond acceptors (Lipinski definition) is 3. The topological polar surface area (TPSA) is 46.1 Å². The molecule has 0 amide bonds. The third kappa shape index (κ3) is 8.31. The number of ether oxygens (including phenoxy) is 2. The van der Waals surface area contributed by atoms with E-state index in [0.29, 0.717) is 16.1 Å². The Labute approximate surface area is 189 Å². The molecule has 1 fully saturated rings. The van der Waals surface area contributed by atoms with Gasteiger partial charge in [-0.1, -0.05) is 29.3 Å². The van der Waals surface area contributed by atoms with Crippen molar-refractivity contribution in [2.75, 3.05) is 47.0 Å². The minimum absolute atomic E-state index is 0. The Morgan fingerprint density at radius 2 is 1.89 bits per heavy atom. The average Bonchev–Trinajstić information content (AvgIpc) is 2.65. The summed E-state index contributed by atoms with van der Waals surface area (Å²) in [6.07, 6.45) is 4.08. The second-order valence-electron chi connectivity index (χ2n) is 6.33. The van der Waals surface area contributed by atoms with E-state index in [2.05, 4.69) is 15.2 Å². The van der Waals surface area contributed by atoms with Crippen LogP contribution in [0.15, 0.2) is 23.2 Å². The van der Waals surface area contributed by atoms with Crippen molar-refractivity contribution in [1.82, 2.24) is 10.2 Å². The highest BCUT2D eigenvalue weighted by molar-refractivity contribution is 14.0. The van der Waals surface area contributed by atoms with E-state index >= 15 is 0 Å². The molecule has 1 saturated heterocycles. The van der Waals surface area contributed by atoms with Crippen molar-refractivity contribution in [2.45, 2.75) is 31.8 Å². The fraction of sp³-hybridized carbons (Fsp3) is 0.632. The fourth-order valence-corrected chi connectivity index (χ4v) is 3.68. The lowest BCUT2D eigenvalue weighted by molar-refractivity contribution is 0.00992. The largest absolute Gasteiger partial charge is 0.385 e. The van der Waals surface area contributed by atoms with Crippen LogP contribution in [0.4, 0.5) is 0 Å². The first-order valence-electron chi connectivity index (χ1n) is 9.14. The van der Waals surface area contributed by atoms with Gasteiger partial charge >= 0.3 is 0 Å². The van der Waals surface area contributed by atoms with Gasteiger partial charge in [0.05, 0.1) is 6.10 Å². The van der Waals surface area contributed by atoms with Gasteiger partial charge in [0.25, 0.3) is 0 Å². The lowest BCUT2D eigenvalue weighted by Gasteiger charge is -2.34. The Morgan fingerprint density at radius 3 is 2.48 bits per heavy atom. The molecule has 27 heavy (non-hydrogen) atoms. The molecule has 0 aromatic heterocycles. The van der Waals surface area contributed by atoms with Gasteiger partial charge in [-0.15, -0.1) is 24.0 Å². The molecule has 1 aromatic rings. The second-order valence-corrected chi connectivity index (χ2v) is 7.14. The Balaban J connectivity index is 0.00000364. The van der Waals surface area contributed by atoms with E-state index < -0.39 is 0 Å². The summed E-state index contributed by atoms with van der Waals surface area (Å²) in [5.74, 6) is 0.922. The monoisotopic (exact) mass is 529 g/mol. The molecule has 0 saturated carbocycles. The van der Waals surface area contributed by atoms with Gasteiger partial charge < -0.3 is 19.7 Å². The summed E-state index contributed by atoms with van der Waals surface area (Å²) in [5.41, 5.74) is 0.974. The molecule has 8 heteroatoms. The Morgan fingerprint density at radius 1 is 1.22 bits per heavy atom. The normalized spacial score (nSPS) is 15.6. The van der Waals surface area contributed by atoms with Crippen molar-refractivity contribution in [3.8, 4) is 0 Å². The number of guanidine groups is 1. The summed E-state index contributed by atoms with van der Waals surface area (Å²) in [4.78, 5) is 6.69. The van der Waals surface area contributed by atoms with Crippen LogP contribution in [0.1, 0.15) is 24.8 Å². The SMILES string of the molecule is CN=C(NCCc1c(Cl)cccc1Cl)N1CCC(OCCCOC)CC1.I. The zero-order valence-electron chi connectivity index (χ0n) is 16.0. The highest BCUT2D eigenvalue weighted by Gasteiger charge is 2.21. The average molecular weight is 530 g/mol. The smallest absolute Gasteiger partial charge is 0.193 e. The maximum absolute atomic E-state index is 6.23. The van der Waals surface area contributed by atoms with E-state index in [4.69, 9.17) is 32.7 Å². The van der Waals surface area contributed by atoms with Gasteiger partial charge in [0, 0.05) is 57.1 Å². The van der Waals surface area contributed by atoms with Crippen LogP contribution in [-0.4, -0.2) is 64.0 Å². The van der Waals surface area contributed by atoms with Crippen LogP contribution in [0.2, 0.25) is 10.0 Å². The Hall–Kier alpha value is -0.280. The summed E-state index contributed by atoms with van der Waals surface area (Å²) in [6, 6.07) is 5.60. The number of aliphatic imine (C=N–C) groups is 1. The molecule has 1 aliphatic heterocycles. The predicted molar refractivity (Wildman–Crippen MR) is 124 cm³/mol. The molecule has 1 N–H and O–H groups in total. The molecule has 1 aliphatic rings. The molecule has 0 radical (unpaired) electrons. The number of methoxy groups -OCH3 is 1. The number of nitrogens with zero attached hydrogens (tertiary/aromatic N) is 2. The van der Waals surface area contributed by atoms with Gasteiger partial charge in [0.1, 0.15) is 0 Å². The van der Waals surface area contributed by atoms with Gasteiger partial charge in [0.2, 0.25) is 0 Å². The van der Waals surface area contributed by atoms with Crippen molar-refractivity contribution < 1.29 is 9.47 Å². The first kappa shape index (κ1) is 24.8. The summed E-state index contributed by atoms with van der Waals surface area (Å²) in [7, 11) is 3.54. The van der Waals surface area contributed by atoms with Crippen molar-refractivity contribution in [3.63, 3.8) is 0 Å². The standard InChI is InChI=1S/C19H29Cl2N3O2.HI/c1-22-19(23-10-7-16-17(20)5-3-6-18(16)21)24-11-8-15(9-12-24)26-14-4-13-25-2;/h3,5-6,15H,4,7-14H2,1-2H3,(H,22,23);1H. The molecular formula is C19H30Cl2IN3O2. The Bertz CT molecular complexity index is 562. The first-order chi connectivity index (χ1) is 12.7. The molecule has 5 nitrogen and oxygen atoms in total. The van der Waals surface area contributed by atoms with E-state index in [-0.39, 0.29) is 24.0 Å². The highest BCUT2D eigenvalue weighted by Crippen LogP contribution is 2.24. The third-order valence-electron chi connectivity index (χ3n) is 4.52. The Kier molecular flexibility index (Phi) is 12.7. The molecule has 0 bridgehead atoms. The van der Waals surface area contributed by atoms with Gasteiger partial charge in [0.15, 0.2) is 5.96 Å². The van der Waals surface area contributed by atoms with Crippen molar-refractivity contribution in [3.05, 3.63) is 33.8 Å². The quantitative estimate of drug-likeness (QED) is 0.237. The number of halogens is 3. The fourth-order valence-electron chi connectivity index (χ4n) is 3.09. The zero-order valence-corrected chi connectivity index (χ0v) is 19.9. The number of nitrogens with one attached hydrogen (secondary N) is 1. The minimum atomic E-state index is 0. The van der Waals surface area contributed by atoms with Crippen molar-refractivity contribution in [1.29, 1.82) is 0 Å². The molecular weight excluding hydrogens is 500 g/mol. The molecule has 154 valence electrons. The molecule has 1 heterocycles. The summed E-state index contributed by atoms with van der Waals surface area (Å²) < 4.78 is 11.0. The van der Waals surface area contributed by atoms with Crippen LogP contribution in [0.25, 0.3) is 0 Å². The number of likely N-dealkylation sites (tertiary alicyclic amines) is 1. The molecule has 0 spiro atoms. The maximum atomic E-state index is 6.23. The van der Waals surface area contributed by atoms with Crippen LogP contribution in [0.3, 0.4) is 0 Å². The van der Waals surface area contributed by atoms with Crippen LogP contribution >= 0.6 is 47.2 Å². The molecule has 1 aromatic carbocycles. The third-order valence-corrected chi connectivity index (χ3v) is 5.23. The molecule has 2 rings (SSSR count). The van der Waals surface area contributed by atoms with Crippen LogP contribution in [-0.2, 0) is 15.9 Å². The number of rotatable bonds is 8. The second kappa shape index (κ2) is 13.8. The summed E-state index contributed by atoms with van der Waals surface area (Å²) in [5, 5.41) is 4.84. The molecule has 0 atom stereocenters. The minimum Gasteiger partial charge on any atom is -0.385 e. The van der Waals surface area contributed by atoms with E-state index in [9.17, 15) is 0 Å². The predicted octanol–water partition coefficient (Wildman–Crippen LogP) is 4.25. The summed E-state index contributed by atoms with van der Waals surface area (Å²) >= 11 is 12.5. The van der Waals surface area contributed by atoms with Gasteiger partial charge in [-0.25, -0.2) is 0 Å². The van der Waals surface area contributed by atoms with Gasteiger partial charge in [-0.2, -0.15) is 0 Å². The highest BCUT2D eigenvalue weighted by atomic mass is 127. The van der Waals surface area contributed by atoms with Gasteiger partial charge in [-0.05, 0) is 43.4 Å². The van der Waals surface area contributed by atoms with Crippen LogP contribution in [0, 0.1) is 0 Å². The summed E-state index contributed by atoms with van der Waals surface area (Å²) in [6.45, 7) is 4.15. The molecule has 0 aliphatic carbocycles. The van der Waals surface area contributed by atoms with E-state index in [1.807, 2.05) is 25.2 Å². The molecule has 0 unspecified atom stereocenters. The van der Waals surface area contributed by atoms with E-state index in [0.717, 1.165) is 70.1 Å². The first-order valence-corrected chi connectivity index (χ1v) is 9.90. The zero-order chi connectivity index (χ0) is 18.8. The van der Waals surface area contributed by atoms with Crippen molar-refractivity contribution in [2.24, 2.45) is 4.99 Å². The van der Waals surface area contributed by atoms with Crippen LogP contribution < -0.4 is 5.32 Å². The van der Waals surface area contributed by atoms with Crippen molar-refractivity contribution >= 4 is 53.1 Å². The number of hydrogen-bond donors (Lipinski definition) is 1. The maximum Gasteiger partial charge on any atom is 0.193 e. The lowest BCUT2D eigenvalue weighted by Crippen LogP contribution is -2.47. The van der Waals surface area contributed by atoms with E-state index in [1.54, 1.807) is 7.11 Å². The lowest BCUT2D eigenvalue weighted by atomic mass is 10.1. The number of benzene rings is 1. The van der Waals surface area contributed by atoms with Crippen LogP contribution in [0.5, 0.6) is 0 Å².